The molecular weight excluding hydrogens is 548 g/mol. The summed E-state index contributed by atoms with van der Waals surface area (Å²) in [5.74, 6) is -0.371. The molecule has 0 aromatic carbocycles. The minimum atomic E-state index is -0.628. The molecular formula is C26H42N2O9S2. The zero-order valence-corrected chi connectivity index (χ0v) is 24.9. The van der Waals surface area contributed by atoms with E-state index < -0.39 is 23.9 Å². The normalized spacial score (nSPS) is 17.8. The van der Waals surface area contributed by atoms with E-state index in [2.05, 4.69) is 10.6 Å². The van der Waals surface area contributed by atoms with Gasteiger partial charge in [0.15, 0.2) is 5.78 Å². The molecule has 4 atom stereocenters. The van der Waals surface area contributed by atoms with Crippen molar-refractivity contribution in [2.75, 3.05) is 45.0 Å². The molecule has 2 N–H and O–H groups in total. The first-order valence-corrected chi connectivity index (χ1v) is 15.2. The van der Waals surface area contributed by atoms with E-state index in [1.54, 1.807) is 37.5 Å². The average Bonchev–Trinajstić information content (AvgIpc) is 2.86. The van der Waals surface area contributed by atoms with Crippen LogP contribution in [0.1, 0.15) is 59.3 Å². The molecule has 11 nitrogen and oxygen atoms in total. The Morgan fingerprint density at radius 3 is 1.64 bits per heavy atom. The highest BCUT2D eigenvalue weighted by Gasteiger charge is 2.33. The summed E-state index contributed by atoms with van der Waals surface area (Å²) < 4.78 is 15.1. The van der Waals surface area contributed by atoms with Gasteiger partial charge in [-0.05, 0) is 40.7 Å². The highest BCUT2D eigenvalue weighted by atomic mass is 32.2. The van der Waals surface area contributed by atoms with E-state index in [-0.39, 0.29) is 75.5 Å². The van der Waals surface area contributed by atoms with Crippen molar-refractivity contribution >= 4 is 58.7 Å². The molecule has 0 aromatic rings. The van der Waals surface area contributed by atoms with Crippen molar-refractivity contribution in [3.63, 3.8) is 0 Å². The van der Waals surface area contributed by atoms with Gasteiger partial charge in [-0.25, -0.2) is 0 Å². The van der Waals surface area contributed by atoms with Crippen LogP contribution in [0.4, 0.5) is 0 Å². The third kappa shape index (κ3) is 16.0. The molecule has 0 aromatic heterocycles. The lowest BCUT2D eigenvalue weighted by Gasteiger charge is -2.37. The number of carbonyl (C=O) groups is 6. The molecule has 1 saturated carbocycles. The van der Waals surface area contributed by atoms with Gasteiger partial charge < -0.3 is 29.6 Å². The number of likely N-dealkylation sites (N-methyl/N-ethyl adjacent to an activating group) is 1. The van der Waals surface area contributed by atoms with Gasteiger partial charge in [0.2, 0.25) is 5.91 Å². The molecule has 222 valence electrons. The van der Waals surface area contributed by atoms with Crippen LogP contribution in [0.3, 0.4) is 0 Å². The smallest absolute Gasteiger partial charge is 0.306 e. The third-order valence-corrected chi connectivity index (χ3v) is 9.20. The van der Waals surface area contributed by atoms with Crippen molar-refractivity contribution in [1.82, 2.24) is 10.6 Å². The maximum atomic E-state index is 12.3. The summed E-state index contributed by atoms with van der Waals surface area (Å²) in [6.07, 6.45) is 2.06. The fraction of sp³-hybridized carbons (Fsp3) is 0.769. The molecule has 4 unspecified atom stereocenters. The van der Waals surface area contributed by atoms with Crippen molar-refractivity contribution in [3.05, 3.63) is 0 Å². The van der Waals surface area contributed by atoms with Crippen LogP contribution in [0.2, 0.25) is 0 Å². The van der Waals surface area contributed by atoms with Crippen LogP contribution in [0.25, 0.3) is 0 Å². The number of ketones is 3. The zero-order valence-electron chi connectivity index (χ0n) is 23.3. The third-order valence-electron chi connectivity index (χ3n) is 5.99. The van der Waals surface area contributed by atoms with Gasteiger partial charge in [-0.3, -0.25) is 24.0 Å². The topological polar surface area (TPSA) is 154 Å². The van der Waals surface area contributed by atoms with E-state index in [1.807, 2.05) is 0 Å². The van der Waals surface area contributed by atoms with Gasteiger partial charge in [0, 0.05) is 34.8 Å². The van der Waals surface area contributed by atoms with Crippen LogP contribution >= 0.6 is 23.5 Å². The second-order valence-electron chi connectivity index (χ2n) is 9.26. The number of hydrogen-bond donors (Lipinski definition) is 2. The molecule has 1 amide bonds. The molecule has 13 heteroatoms. The van der Waals surface area contributed by atoms with Gasteiger partial charge in [0.05, 0.1) is 38.1 Å². The fourth-order valence-corrected chi connectivity index (χ4v) is 6.74. The SMILES string of the molecule is CNC(CSC1CCC1SCC(NC(=O)CCC(=O)OCCOCCOC(=O)CCC(C)=O)C(C)=O)C(C)=O. The van der Waals surface area contributed by atoms with E-state index in [1.165, 1.54) is 13.8 Å². The van der Waals surface area contributed by atoms with E-state index in [4.69, 9.17) is 14.2 Å². The second-order valence-corrected chi connectivity index (χ2v) is 11.8. The molecule has 39 heavy (non-hydrogen) atoms. The number of carbonyl (C=O) groups excluding carboxylic acids is 6. The number of nitrogens with one attached hydrogen (secondary N) is 2. The number of Topliss-reactive ketones (excluding diaryl/α,β-unsaturated/α-hetero) is 3. The molecule has 0 saturated heterocycles. The minimum Gasteiger partial charge on any atom is -0.463 e. The summed E-state index contributed by atoms with van der Waals surface area (Å²) in [6.45, 7) is 4.69. The second kappa shape index (κ2) is 20.0. The molecule has 1 aliphatic rings. The number of amides is 1. The Balaban J connectivity index is 2.18. The number of thioether (sulfide) groups is 2. The molecule has 1 fully saturated rings. The predicted octanol–water partition coefficient (Wildman–Crippen LogP) is 1.49. The predicted molar refractivity (Wildman–Crippen MR) is 150 cm³/mol. The Kier molecular flexibility index (Phi) is 18.0. The lowest BCUT2D eigenvalue weighted by molar-refractivity contribution is -0.148. The van der Waals surface area contributed by atoms with Crippen LogP contribution < -0.4 is 10.6 Å². The summed E-state index contributed by atoms with van der Waals surface area (Å²) in [4.78, 5) is 70.0. The Labute approximate surface area is 239 Å². The summed E-state index contributed by atoms with van der Waals surface area (Å²) in [5, 5.41) is 6.53. The molecule has 1 aliphatic carbocycles. The Hall–Kier alpha value is -1.96. The number of rotatable bonds is 22. The van der Waals surface area contributed by atoms with E-state index in [0.717, 1.165) is 12.8 Å². The van der Waals surface area contributed by atoms with Crippen LogP contribution in [0.5, 0.6) is 0 Å². The van der Waals surface area contributed by atoms with Crippen LogP contribution in [0.15, 0.2) is 0 Å². The molecule has 0 radical (unpaired) electrons. The Bertz CT molecular complexity index is 840. The summed E-state index contributed by atoms with van der Waals surface area (Å²) in [5.41, 5.74) is 0. The van der Waals surface area contributed by atoms with E-state index >= 15 is 0 Å². The van der Waals surface area contributed by atoms with Gasteiger partial charge in [0.1, 0.15) is 24.8 Å². The lowest BCUT2D eigenvalue weighted by Crippen LogP contribution is -2.43. The summed E-state index contributed by atoms with van der Waals surface area (Å²) in [7, 11) is 1.78. The van der Waals surface area contributed by atoms with Crippen LogP contribution in [-0.4, -0.2) is 103 Å². The van der Waals surface area contributed by atoms with Crippen LogP contribution in [0, 0.1) is 0 Å². The molecule has 0 aliphatic heterocycles. The summed E-state index contributed by atoms with van der Waals surface area (Å²) in [6, 6.07) is -0.789. The average molecular weight is 591 g/mol. The van der Waals surface area contributed by atoms with Crippen LogP contribution in [-0.2, 0) is 43.0 Å². The maximum absolute atomic E-state index is 12.3. The van der Waals surface area contributed by atoms with E-state index in [9.17, 15) is 28.8 Å². The number of ether oxygens (including phenoxy) is 3. The van der Waals surface area contributed by atoms with Gasteiger partial charge in [-0.15, -0.1) is 0 Å². The Morgan fingerprint density at radius 1 is 0.718 bits per heavy atom. The zero-order chi connectivity index (χ0) is 29.2. The highest BCUT2D eigenvalue weighted by Crippen LogP contribution is 2.40. The highest BCUT2D eigenvalue weighted by molar-refractivity contribution is 8.04. The van der Waals surface area contributed by atoms with Crippen molar-refractivity contribution in [2.45, 2.75) is 81.9 Å². The van der Waals surface area contributed by atoms with Gasteiger partial charge >= 0.3 is 11.9 Å². The van der Waals surface area contributed by atoms with Gasteiger partial charge in [0.25, 0.3) is 0 Å². The van der Waals surface area contributed by atoms with Crippen molar-refractivity contribution < 1.29 is 43.0 Å². The van der Waals surface area contributed by atoms with Crippen molar-refractivity contribution in [1.29, 1.82) is 0 Å². The first kappa shape index (κ1) is 35.1. The lowest BCUT2D eigenvalue weighted by atomic mass is 9.99. The quantitative estimate of drug-likeness (QED) is 0.139. The molecule has 0 heterocycles. The minimum absolute atomic E-state index is 0.00645. The Morgan fingerprint density at radius 2 is 1.21 bits per heavy atom. The molecule has 1 rings (SSSR count). The van der Waals surface area contributed by atoms with Crippen molar-refractivity contribution in [3.8, 4) is 0 Å². The van der Waals surface area contributed by atoms with Gasteiger partial charge in [-0.1, -0.05) is 0 Å². The fourth-order valence-electron chi connectivity index (χ4n) is 3.36. The maximum Gasteiger partial charge on any atom is 0.306 e. The largest absolute Gasteiger partial charge is 0.463 e. The number of esters is 2. The first-order chi connectivity index (χ1) is 18.5. The summed E-state index contributed by atoms with van der Waals surface area (Å²) >= 11 is 3.42. The molecule has 0 bridgehead atoms. The molecule has 0 spiro atoms. The van der Waals surface area contributed by atoms with E-state index in [0.29, 0.717) is 22.0 Å². The number of hydrogen-bond acceptors (Lipinski definition) is 12. The first-order valence-electron chi connectivity index (χ1n) is 13.1. The van der Waals surface area contributed by atoms with Gasteiger partial charge in [-0.2, -0.15) is 23.5 Å². The standard InChI is InChI=1S/C26H42N2O9S2/c1-17(29)5-9-25(33)36-13-11-35-12-14-37-26(34)10-8-24(32)28-21(19(3)31)16-39-23-7-6-22(23)38-15-20(27-4)18(2)30/h20-23,27H,5-16H2,1-4H3,(H,28,32). The van der Waals surface area contributed by atoms with Crippen molar-refractivity contribution in [2.24, 2.45) is 0 Å². The monoisotopic (exact) mass is 590 g/mol.